The van der Waals surface area contributed by atoms with E-state index in [0.29, 0.717) is 0 Å². The predicted molar refractivity (Wildman–Crippen MR) is 89.0 cm³/mol. The van der Waals surface area contributed by atoms with Crippen LogP contribution in [-0.2, 0) is 0 Å². The van der Waals surface area contributed by atoms with Crippen LogP contribution in [0, 0.1) is 23.7 Å². The lowest BCUT2D eigenvalue weighted by molar-refractivity contribution is 0.103. The molecule has 0 aromatic carbocycles. The first-order valence-corrected chi connectivity index (χ1v) is 9.57. The molecule has 2 saturated carbocycles. The molecule has 0 aromatic rings. The van der Waals surface area contributed by atoms with Crippen molar-refractivity contribution < 1.29 is 0 Å². The molecule has 2 aliphatic rings. The average Bonchev–Trinajstić information content (AvgIpc) is 2.73. The first-order chi connectivity index (χ1) is 9.86. The summed E-state index contributed by atoms with van der Waals surface area (Å²) >= 11 is 0. The zero-order valence-electron chi connectivity index (χ0n) is 14.0. The van der Waals surface area contributed by atoms with Gasteiger partial charge >= 0.3 is 0 Å². The second-order valence-electron chi connectivity index (χ2n) is 7.38. The monoisotopic (exact) mass is 279 g/mol. The van der Waals surface area contributed by atoms with Gasteiger partial charge < -0.3 is 5.32 Å². The van der Waals surface area contributed by atoms with Gasteiger partial charge in [0.25, 0.3) is 0 Å². The van der Waals surface area contributed by atoms with Crippen LogP contribution in [0.2, 0.25) is 0 Å². The maximum atomic E-state index is 3.73. The zero-order chi connectivity index (χ0) is 14.2. The number of hydrogen-bond acceptors (Lipinski definition) is 1. The molecule has 0 spiro atoms. The smallest absolute Gasteiger partial charge is 0.00178 e. The van der Waals surface area contributed by atoms with E-state index >= 15 is 0 Å². The molecule has 118 valence electrons. The Balaban J connectivity index is 1.98. The van der Waals surface area contributed by atoms with Crippen LogP contribution in [0.5, 0.6) is 0 Å². The Morgan fingerprint density at radius 3 is 2.10 bits per heavy atom. The molecule has 20 heavy (non-hydrogen) atoms. The van der Waals surface area contributed by atoms with Gasteiger partial charge in [0, 0.05) is 0 Å². The molecule has 0 radical (unpaired) electrons. The summed E-state index contributed by atoms with van der Waals surface area (Å²) in [6, 6.07) is 0. The number of nitrogens with one attached hydrogen (secondary N) is 1. The van der Waals surface area contributed by atoms with Crippen molar-refractivity contribution >= 4 is 0 Å². The molecule has 1 heteroatoms. The van der Waals surface area contributed by atoms with Crippen LogP contribution < -0.4 is 5.32 Å². The lowest BCUT2D eigenvalue weighted by atomic mass is 9.66. The fraction of sp³-hybridized carbons (Fsp3) is 1.00. The summed E-state index contributed by atoms with van der Waals surface area (Å²) in [6.45, 7) is 7.23. The summed E-state index contributed by atoms with van der Waals surface area (Å²) in [5.41, 5.74) is 0. The van der Waals surface area contributed by atoms with E-state index in [0.717, 1.165) is 23.7 Å². The highest BCUT2D eigenvalue weighted by Gasteiger charge is 2.35. The van der Waals surface area contributed by atoms with E-state index in [-0.39, 0.29) is 0 Å². The minimum absolute atomic E-state index is 0.973. The van der Waals surface area contributed by atoms with Crippen LogP contribution in [0.25, 0.3) is 0 Å². The van der Waals surface area contributed by atoms with Crippen molar-refractivity contribution in [3.05, 3.63) is 0 Å². The van der Waals surface area contributed by atoms with Crippen LogP contribution >= 0.6 is 0 Å². The van der Waals surface area contributed by atoms with Crippen LogP contribution in [0.3, 0.4) is 0 Å². The van der Waals surface area contributed by atoms with E-state index in [1.165, 1.54) is 83.7 Å². The van der Waals surface area contributed by atoms with Crippen molar-refractivity contribution in [2.75, 3.05) is 13.1 Å². The van der Waals surface area contributed by atoms with Gasteiger partial charge in [0.2, 0.25) is 0 Å². The Morgan fingerprint density at radius 1 is 0.750 bits per heavy atom. The van der Waals surface area contributed by atoms with Gasteiger partial charge in [0.05, 0.1) is 0 Å². The van der Waals surface area contributed by atoms with E-state index in [2.05, 4.69) is 19.2 Å². The first-order valence-electron chi connectivity index (χ1n) is 9.57. The third-order valence-corrected chi connectivity index (χ3v) is 6.09. The molecule has 1 nitrogen and oxygen atoms in total. The average molecular weight is 280 g/mol. The van der Waals surface area contributed by atoms with E-state index in [9.17, 15) is 0 Å². The highest BCUT2D eigenvalue weighted by Crippen LogP contribution is 2.44. The Kier molecular flexibility index (Phi) is 7.41. The molecule has 4 atom stereocenters. The standard InChI is InChI=1S/C19H37N/c1-3-14-20-15-17-11-6-5-7-12-19(17)18-13-9-8-10-16(18)4-2/h16-20H,3-15H2,1-2H3. The van der Waals surface area contributed by atoms with Crippen LogP contribution in [-0.4, -0.2) is 13.1 Å². The quantitative estimate of drug-likeness (QED) is 0.507. The molecule has 2 fully saturated rings. The summed E-state index contributed by atoms with van der Waals surface area (Å²) in [6.07, 6.45) is 16.3. The lowest BCUT2D eigenvalue weighted by Crippen LogP contribution is -2.36. The Hall–Kier alpha value is -0.0400. The fourth-order valence-corrected chi connectivity index (χ4v) is 5.00. The van der Waals surface area contributed by atoms with Crippen molar-refractivity contribution in [1.82, 2.24) is 5.32 Å². The van der Waals surface area contributed by atoms with E-state index in [1.807, 2.05) is 0 Å². The van der Waals surface area contributed by atoms with Crippen LogP contribution in [0.15, 0.2) is 0 Å². The summed E-state index contributed by atoms with van der Waals surface area (Å²) in [5.74, 6) is 4.11. The SMILES string of the molecule is CCCNCC1CCCCCC1C1CCCCC1CC. The second-order valence-corrected chi connectivity index (χ2v) is 7.38. The normalized spacial score (nSPS) is 35.7. The van der Waals surface area contributed by atoms with Gasteiger partial charge in [-0.25, -0.2) is 0 Å². The Morgan fingerprint density at radius 2 is 1.35 bits per heavy atom. The predicted octanol–water partition coefficient (Wildman–Crippen LogP) is 5.40. The van der Waals surface area contributed by atoms with Gasteiger partial charge in [-0.05, 0) is 62.4 Å². The van der Waals surface area contributed by atoms with E-state index in [1.54, 1.807) is 0 Å². The van der Waals surface area contributed by atoms with Crippen molar-refractivity contribution in [3.8, 4) is 0 Å². The minimum atomic E-state index is 0.973. The third kappa shape index (κ3) is 4.48. The molecule has 0 saturated heterocycles. The zero-order valence-corrected chi connectivity index (χ0v) is 14.0. The highest BCUT2D eigenvalue weighted by molar-refractivity contribution is 4.86. The number of hydrogen-bond donors (Lipinski definition) is 1. The molecule has 2 aliphatic carbocycles. The molecule has 0 aliphatic heterocycles. The number of rotatable bonds is 6. The van der Waals surface area contributed by atoms with Gasteiger partial charge in [0.15, 0.2) is 0 Å². The molecule has 0 aromatic heterocycles. The molecule has 0 amide bonds. The van der Waals surface area contributed by atoms with Crippen molar-refractivity contribution in [2.45, 2.75) is 84.5 Å². The Bertz CT molecular complexity index is 250. The Labute approximate surface area is 127 Å². The topological polar surface area (TPSA) is 12.0 Å². The molecule has 1 N–H and O–H groups in total. The minimum Gasteiger partial charge on any atom is -0.316 e. The van der Waals surface area contributed by atoms with Gasteiger partial charge in [-0.3, -0.25) is 0 Å². The van der Waals surface area contributed by atoms with Crippen molar-refractivity contribution in [1.29, 1.82) is 0 Å². The molecule has 0 bridgehead atoms. The van der Waals surface area contributed by atoms with E-state index in [4.69, 9.17) is 0 Å². The summed E-state index contributed by atoms with van der Waals surface area (Å²) in [4.78, 5) is 0. The van der Waals surface area contributed by atoms with Crippen LogP contribution in [0.4, 0.5) is 0 Å². The van der Waals surface area contributed by atoms with Gasteiger partial charge in [-0.2, -0.15) is 0 Å². The molecule has 0 heterocycles. The molecular formula is C19H37N. The maximum Gasteiger partial charge on any atom is -0.00178 e. The van der Waals surface area contributed by atoms with Gasteiger partial charge in [-0.15, -0.1) is 0 Å². The van der Waals surface area contributed by atoms with Crippen LogP contribution in [0.1, 0.15) is 84.5 Å². The second kappa shape index (κ2) is 9.07. The van der Waals surface area contributed by atoms with Gasteiger partial charge in [-0.1, -0.05) is 58.8 Å². The summed E-state index contributed by atoms with van der Waals surface area (Å²) in [5, 5.41) is 3.73. The van der Waals surface area contributed by atoms with Gasteiger partial charge in [0.1, 0.15) is 0 Å². The third-order valence-electron chi connectivity index (χ3n) is 6.09. The summed E-state index contributed by atoms with van der Waals surface area (Å²) < 4.78 is 0. The van der Waals surface area contributed by atoms with E-state index < -0.39 is 0 Å². The molecule has 4 unspecified atom stereocenters. The van der Waals surface area contributed by atoms with Crippen molar-refractivity contribution in [2.24, 2.45) is 23.7 Å². The first kappa shape index (κ1) is 16.3. The summed E-state index contributed by atoms with van der Waals surface area (Å²) in [7, 11) is 0. The maximum absolute atomic E-state index is 3.73. The van der Waals surface area contributed by atoms with Crippen molar-refractivity contribution in [3.63, 3.8) is 0 Å². The lowest BCUT2D eigenvalue weighted by Gasteiger charge is -2.40. The largest absolute Gasteiger partial charge is 0.316 e. The highest BCUT2D eigenvalue weighted by atomic mass is 14.9. The molecule has 2 rings (SSSR count). The molecular weight excluding hydrogens is 242 g/mol. The fourth-order valence-electron chi connectivity index (χ4n) is 5.00.